The van der Waals surface area contributed by atoms with Crippen molar-refractivity contribution in [2.24, 2.45) is 7.05 Å². The Balaban J connectivity index is 1.74. The summed E-state index contributed by atoms with van der Waals surface area (Å²) in [6.07, 6.45) is 0.374. The number of aryl methyl sites for hydroxylation is 2. The van der Waals surface area contributed by atoms with Crippen molar-refractivity contribution in [3.63, 3.8) is 0 Å². The van der Waals surface area contributed by atoms with E-state index in [2.05, 4.69) is 17.2 Å². The highest BCUT2D eigenvalue weighted by atomic mass is 16.5. The molecule has 2 unspecified atom stereocenters. The van der Waals surface area contributed by atoms with Crippen LogP contribution in [0, 0.1) is 13.8 Å². The maximum absolute atomic E-state index is 12.8. The second kappa shape index (κ2) is 6.77. The van der Waals surface area contributed by atoms with E-state index in [0.29, 0.717) is 19.5 Å². The lowest BCUT2D eigenvalue weighted by Gasteiger charge is -2.37. The van der Waals surface area contributed by atoms with Crippen molar-refractivity contribution < 1.29 is 9.53 Å². The van der Waals surface area contributed by atoms with Gasteiger partial charge in [0.1, 0.15) is 6.10 Å². The van der Waals surface area contributed by atoms with Gasteiger partial charge in [0.2, 0.25) is 5.91 Å². The maximum atomic E-state index is 12.8. The first-order chi connectivity index (χ1) is 11.5. The zero-order valence-electron chi connectivity index (χ0n) is 14.8. The van der Waals surface area contributed by atoms with Crippen molar-refractivity contribution in [2.75, 3.05) is 13.1 Å². The summed E-state index contributed by atoms with van der Waals surface area (Å²) in [4.78, 5) is 14.8. The van der Waals surface area contributed by atoms with Crippen LogP contribution in [0.5, 0.6) is 0 Å². The van der Waals surface area contributed by atoms with E-state index in [9.17, 15) is 4.79 Å². The summed E-state index contributed by atoms with van der Waals surface area (Å²) in [7, 11) is 1.92. The largest absolute Gasteiger partial charge is 0.367 e. The minimum absolute atomic E-state index is 0.0315. The average Bonchev–Trinajstić information content (AvgIpc) is 2.81. The van der Waals surface area contributed by atoms with Gasteiger partial charge in [-0.3, -0.25) is 9.48 Å². The molecule has 1 amide bonds. The SMILES string of the molecule is Cc1nn(C)c(C)c1CC(=O)N1CC(C)OC(c2ccccc2)C1. The fraction of sp³-hybridized carbons (Fsp3) is 0.474. The molecule has 0 saturated carbocycles. The van der Waals surface area contributed by atoms with Gasteiger partial charge in [-0.05, 0) is 26.3 Å². The molecule has 0 aliphatic carbocycles. The minimum atomic E-state index is -0.0602. The monoisotopic (exact) mass is 327 g/mol. The second-order valence-corrected chi connectivity index (χ2v) is 6.59. The standard InChI is InChI=1S/C19H25N3O2/c1-13-11-22(12-18(24-13)16-8-6-5-7-9-16)19(23)10-17-14(2)20-21(4)15(17)3/h5-9,13,18H,10-12H2,1-4H3. The third-order valence-corrected chi connectivity index (χ3v) is 4.77. The molecule has 5 nitrogen and oxygen atoms in total. The van der Waals surface area contributed by atoms with Gasteiger partial charge in [0.05, 0.1) is 24.8 Å². The summed E-state index contributed by atoms with van der Waals surface area (Å²) in [5.74, 6) is 0.144. The Morgan fingerprint density at radius 2 is 1.96 bits per heavy atom. The molecule has 1 saturated heterocycles. The van der Waals surface area contributed by atoms with Crippen LogP contribution in [0.25, 0.3) is 0 Å². The zero-order chi connectivity index (χ0) is 17.3. The Morgan fingerprint density at radius 1 is 1.25 bits per heavy atom. The van der Waals surface area contributed by atoms with Crippen LogP contribution in [0.2, 0.25) is 0 Å². The first-order valence-corrected chi connectivity index (χ1v) is 8.43. The van der Waals surface area contributed by atoms with Crippen LogP contribution in [0.3, 0.4) is 0 Å². The number of carbonyl (C=O) groups is 1. The third kappa shape index (κ3) is 3.36. The molecule has 24 heavy (non-hydrogen) atoms. The molecule has 1 fully saturated rings. The molecule has 1 aromatic carbocycles. The number of nitrogens with zero attached hydrogens (tertiary/aromatic N) is 3. The predicted octanol–water partition coefficient (Wildman–Crippen LogP) is 2.57. The lowest BCUT2D eigenvalue weighted by Crippen LogP contribution is -2.46. The first-order valence-electron chi connectivity index (χ1n) is 8.43. The minimum Gasteiger partial charge on any atom is -0.367 e. The number of hydrogen-bond donors (Lipinski definition) is 0. The molecular weight excluding hydrogens is 302 g/mol. The van der Waals surface area contributed by atoms with Crippen molar-refractivity contribution >= 4 is 5.91 Å². The van der Waals surface area contributed by atoms with Gasteiger partial charge in [-0.2, -0.15) is 5.10 Å². The molecule has 0 bridgehead atoms. The Kier molecular flexibility index (Phi) is 4.71. The number of amides is 1. The van der Waals surface area contributed by atoms with Gasteiger partial charge in [0.15, 0.2) is 0 Å². The summed E-state index contributed by atoms with van der Waals surface area (Å²) in [5.41, 5.74) is 4.15. The van der Waals surface area contributed by atoms with Crippen LogP contribution in [-0.2, 0) is 23.0 Å². The van der Waals surface area contributed by atoms with E-state index in [1.165, 1.54) is 0 Å². The van der Waals surface area contributed by atoms with Gasteiger partial charge in [-0.15, -0.1) is 0 Å². The number of benzene rings is 1. The lowest BCUT2D eigenvalue weighted by atomic mass is 10.0. The molecule has 0 N–H and O–H groups in total. The van der Waals surface area contributed by atoms with E-state index in [4.69, 9.17) is 4.74 Å². The summed E-state index contributed by atoms with van der Waals surface area (Å²) < 4.78 is 7.88. The van der Waals surface area contributed by atoms with Crippen LogP contribution >= 0.6 is 0 Å². The van der Waals surface area contributed by atoms with Gasteiger partial charge in [0.25, 0.3) is 0 Å². The Morgan fingerprint density at radius 3 is 2.58 bits per heavy atom. The number of carbonyl (C=O) groups excluding carboxylic acids is 1. The Labute approximate surface area is 143 Å². The lowest BCUT2D eigenvalue weighted by molar-refractivity contribution is -0.144. The molecule has 5 heteroatoms. The topological polar surface area (TPSA) is 47.4 Å². The highest BCUT2D eigenvalue weighted by molar-refractivity contribution is 5.79. The van der Waals surface area contributed by atoms with Crippen molar-refractivity contribution in [3.05, 3.63) is 52.8 Å². The van der Waals surface area contributed by atoms with Crippen LogP contribution < -0.4 is 0 Å². The zero-order valence-corrected chi connectivity index (χ0v) is 14.8. The fourth-order valence-corrected chi connectivity index (χ4v) is 3.34. The number of morpholine rings is 1. The molecule has 3 rings (SSSR count). The molecule has 0 spiro atoms. The first kappa shape index (κ1) is 16.7. The van der Waals surface area contributed by atoms with E-state index in [0.717, 1.165) is 22.5 Å². The molecule has 2 atom stereocenters. The van der Waals surface area contributed by atoms with E-state index < -0.39 is 0 Å². The van der Waals surface area contributed by atoms with Crippen molar-refractivity contribution in [1.82, 2.24) is 14.7 Å². The van der Waals surface area contributed by atoms with Crippen molar-refractivity contribution in [1.29, 1.82) is 0 Å². The third-order valence-electron chi connectivity index (χ3n) is 4.77. The van der Waals surface area contributed by atoms with Gasteiger partial charge in [-0.25, -0.2) is 0 Å². The Hall–Kier alpha value is -2.14. The van der Waals surface area contributed by atoms with Gasteiger partial charge < -0.3 is 9.64 Å². The van der Waals surface area contributed by atoms with Crippen molar-refractivity contribution in [3.8, 4) is 0 Å². The van der Waals surface area contributed by atoms with E-state index >= 15 is 0 Å². The Bertz CT molecular complexity index is 724. The highest BCUT2D eigenvalue weighted by Gasteiger charge is 2.30. The quantitative estimate of drug-likeness (QED) is 0.870. The molecule has 1 aliphatic heterocycles. The molecular formula is C19H25N3O2. The summed E-state index contributed by atoms with van der Waals surface area (Å²) in [5, 5.41) is 4.41. The number of hydrogen-bond acceptors (Lipinski definition) is 3. The summed E-state index contributed by atoms with van der Waals surface area (Å²) in [6.45, 7) is 7.24. The smallest absolute Gasteiger partial charge is 0.227 e. The van der Waals surface area contributed by atoms with E-state index in [1.54, 1.807) is 0 Å². The molecule has 128 valence electrons. The summed E-state index contributed by atoms with van der Waals surface area (Å²) in [6, 6.07) is 10.1. The van der Waals surface area contributed by atoms with Crippen molar-refractivity contribution in [2.45, 2.75) is 39.4 Å². The van der Waals surface area contributed by atoms with Crippen LogP contribution in [-0.4, -0.2) is 39.8 Å². The summed E-state index contributed by atoms with van der Waals surface area (Å²) >= 11 is 0. The molecule has 2 aromatic rings. The normalized spacial score (nSPS) is 21.1. The van der Waals surface area contributed by atoms with Gasteiger partial charge in [-0.1, -0.05) is 30.3 Å². The molecule has 2 heterocycles. The van der Waals surface area contributed by atoms with Gasteiger partial charge >= 0.3 is 0 Å². The number of ether oxygens (including phenoxy) is 1. The van der Waals surface area contributed by atoms with E-state index in [1.807, 2.05) is 55.6 Å². The molecule has 1 aliphatic rings. The maximum Gasteiger partial charge on any atom is 0.227 e. The fourth-order valence-electron chi connectivity index (χ4n) is 3.34. The van der Waals surface area contributed by atoms with E-state index in [-0.39, 0.29) is 18.1 Å². The molecule has 1 aromatic heterocycles. The number of rotatable bonds is 3. The highest BCUT2D eigenvalue weighted by Crippen LogP contribution is 2.26. The average molecular weight is 327 g/mol. The number of aromatic nitrogens is 2. The predicted molar refractivity (Wildman–Crippen MR) is 92.7 cm³/mol. The van der Waals surface area contributed by atoms with Gasteiger partial charge in [0, 0.05) is 24.8 Å². The van der Waals surface area contributed by atoms with Crippen LogP contribution in [0.15, 0.2) is 30.3 Å². The van der Waals surface area contributed by atoms with Crippen LogP contribution in [0.4, 0.5) is 0 Å². The molecule has 0 radical (unpaired) electrons. The van der Waals surface area contributed by atoms with Crippen LogP contribution in [0.1, 0.15) is 35.5 Å². The second-order valence-electron chi connectivity index (χ2n) is 6.59.